The number of rotatable bonds is 7. The van der Waals surface area contributed by atoms with Crippen molar-refractivity contribution in [3.8, 4) is 5.75 Å². The molecule has 1 aliphatic rings. The third kappa shape index (κ3) is 3.97. The highest BCUT2D eigenvalue weighted by atomic mass is 16.5. The molecule has 1 unspecified atom stereocenters. The molecule has 1 N–H and O–H groups in total. The zero-order valence-corrected chi connectivity index (χ0v) is 12.7. The molecule has 1 saturated carbocycles. The van der Waals surface area contributed by atoms with Crippen LogP contribution in [0.3, 0.4) is 0 Å². The number of aryl methyl sites for hydroxylation is 1. The molecule has 0 heterocycles. The van der Waals surface area contributed by atoms with Crippen LogP contribution in [-0.4, -0.2) is 19.2 Å². The van der Waals surface area contributed by atoms with Gasteiger partial charge in [0, 0.05) is 6.04 Å². The maximum Gasteiger partial charge on any atom is 0.122 e. The topological polar surface area (TPSA) is 21.3 Å². The summed E-state index contributed by atoms with van der Waals surface area (Å²) in [5.74, 6) is 2.43. The molecule has 0 amide bonds. The van der Waals surface area contributed by atoms with Crippen molar-refractivity contribution < 1.29 is 4.74 Å². The Morgan fingerprint density at radius 3 is 2.63 bits per heavy atom. The van der Waals surface area contributed by atoms with Crippen LogP contribution in [-0.2, 0) is 0 Å². The van der Waals surface area contributed by atoms with Crippen LogP contribution in [0.25, 0.3) is 0 Å². The van der Waals surface area contributed by atoms with Crippen molar-refractivity contribution in [2.75, 3.05) is 13.2 Å². The first-order valence-electron chi connectivity index (χ1n) is 7.58. The van der Waals surface area contributed by atoms with Crippen LogP contribution in [0, 0.1) is 12.8 Å². The van der Waals surface area contributed by atoms with Gasteiger partial charge in [-0.05, 0) is 55.3 Å². The molecule has 1 fully saturated rings. The van der Waals surface area contributed by atoms with Crippen LogP contribution in [0.5, 0.6) is 5.75 Å². The minimum absolute atomic E-state index is 0.520. The molecule has 0 aliphatic heterocycles. The molecule has 0 spiro atoms. The summed E-state index contributed by atoms with van der Waals surface area (Å²) in [4.78, 5) is 0. The van der Waals surface area contributed by atoms with E-state index in [1.165, 1.54) is 24.0 Å². The highest BCUT2D eigenvalue weighted by molar-refractivity contribution is 5.37. The number of hydrogen-bond donors (Lipinski definition) is 1. The largest absolute Gasteiger partial charge is 0.492 e. The fourth-order valence-corrected chi connectivity index (χ4v) is 2.43. The van der Waals surface area contributed by atoms with Gasteiger partial charge in [-0.25, -0.2) is 0 Å². The average molecular weight is 261 g/mol. The lowest BCUT2D eigenvalue weighted by Gasteiger charge is -2.19. The van der Waals surface area contributed by atoms with E-state index in [-0.39, 0.29) is 0 Å². The second-order valence-corrected chi connectivity index (χ2v) is 5.99. The van der Waals surface area contributed by atoms with E-state index >= 15 is 0 Å². The van der Waals surface area contributed by atoms with Crippen molar-refractivity contribution in [2.45, 2.75) is 52.5 Å². The van der Waals surface area contributed by atoms with E-state index in [9.17, 15) is 0 Å². The van der Waals surface area contributed by atoms with E-state index in [1.54, 1.807) is 0 Å². The van der Waals surface area contributed by atoms with Gasteiger partial charge >= 0.3 is 0 Å². The fraction of sp³-hybridized carbons (Fsp3) is 0.647. The van der Waals surface area contributed by atoms with Gasteiger partial charge in [0.25, 0.3) is 0 Å². The highest BCUT2D eigenvalue weighted by Gasteiger charge is 2.31. The first-order valence-corrected chi connectivity index (χ1v) is 7.58. The third-order valence-corrected chi connectivity index (χ3v) is 3.95. The Morgan fingerprint density at radius 2 is 2.05 bits per heavy atom. The predicted molar refractivity (Wildman–Crippen MR) is 81.0 cm³/mol. The van der Waals surface area contributed by atoms with Crippen LogP contribution >= 0.6 is 0 Å². The van der Waals surface area contributed by atoms with E-state index in [0.29, 0.717) is 12.0 Å². The summed E-state index contributed by atoms with van der Waals surface area (Å²) in [6.07, 6.45) is 2.71. The van der Waals surface area contributed by atoms with Crippen molar-refractivity contribution in [1.82, 2.24) is 5.32 Å². The van der Waals surface area contributed by atoms with Gasteiger partial charge in [0.05, 0.1) is 0 Å². The number of likely N-dealkylation sites (N-methyl/N-ethyl adjacent to an activating group) is 1. The van der Waals surface area contributed by atoms with Crippen LogP contribution < -0.4 is 10.1 Å². The lowest BCUT2D eigenvalue weighted by molar-refractivity contribution is 0.249. The summed E-state index contributed by atoms with van der Waals surface area (Å²) in [6.45, 7) is 10.6. The maximum atomic E-state index is 6.08. The summed E-state index contributed by atoms with van der Waals surface area (Å²) < 4.78 is 6.08. The van der Waals surface area contributed by atoms with E-state index in [0.717, 1.165) is 24.8 Å². The van der Waals surface area contributed by atoms with Gasteiger partial charge in [-0.2, -0.15) is 0 Å². The summed E-state index contributed by atoms with van der Waals surface area (Å²) in [5, 5.41) is 3.55. The van der Waals surface area contributed by atoms with Crippen LogP contribution in [0.4, 0.5) is 0 Å². The monoisotopic (exact) mass is 261 g/mol. The molecule has 2 heteroatoms. The molecule has 106 valence electrons. The standard InChI is InChI=1S/C17H27NO/c1-5-18-16(14-8-9-14)11-19-17-10-15(12(2)3)7-6-13(17)4/h6-7,10,12,14,16,18H,5,8-9,11H2,1-4H3. The van der Waals surface area contributed by atoms with E-state index in [4.69, 9.17) is 4.74 Å². The van der Waals surface area contributed by atoms with Gasteiger partial charge in [0.2, 0.25) is 0 Å². The molecule has 0 saturated heterocycles. The van der Waals surface area contributed by atoms with Gasteiger partial charge < -0.3 is 10.1 Å². The number of benzene rings is 1. The van der Waals surface area contributed by atoms with Crippen molar-refractivity contribution in [3.63, 3.8) is 0 Å². The highest BCUT2D eigenvalue weighted by Crippen LogP contribution is 2.33. The minimum atomic E-state index is 0.520. The normalized spacial score (nSPS) is 16.7. The Morgan fingerprint density at radius 1 is 1.32 bits per heavy atom. The Hall–Kier alpha value is -1.02. The van der Waals surface area contributed by atoms with Gasteiger partial charge in [0.15, 0.2) is 0 Å². The number of hydrogen-bond acceptors (Lipinski definition) is 2. The molecule has 1 aliphatic carbocycles. The van der Waals surface area contributed by atoms with Crippen molar-refractivity contribution in [3.05, 3.63) is 29.3 Å². The molecule has 0 aromatic heterocycles. The third-order valence-electron chi connectivity index (χ3n) is 3.95. The van der Waals surface area contributed by atoms with Crippen LogP contribution in [0.2, 0.25) is 0 Å². The Balaban J connectivity index is 1.99. The first kappa shape index (κ1) is 14.4. The van der Waals surface area contributed by atoms with Crippen LogP contribution in [0.15, 0.2) is 18.2 Å². The van der Waals surface area contributed by atoms with Crippen molar-refractivity contribution in [1.29, 1.82) is 0 Å². The smallest absolute Gasteiger partial charge is 0.122 e. The number of ether oxygens (including phenoxy) is 1. The van der Waals surface area contributed by atoms with Crippen molar-refractivity contribution in [2.24, 2.45) is 5.92 Å². The zero-order chi connectivity index (χ0) is 13.8. The Bertz CT molecular complexity index is 410. The molecular weight excluding hydrogens is 234 g/mol. The molecule has 0 radical (unpaired) electrons. The Labute approximate surface area is 117 Å². The van der Waals surface area contributed by atoms with Gasteiger partial charge in [-0.3, -0.25) is 0 Å². The molecule has 0 bridgehead atoms. The first-order chi connectivity index (χ1) is 9.11. The molecule has 1 aromatic rings. The molecule has 2 nitrogen and oxygen atoms in total. The summed E-state index contributed by atoms with van der Waals surface area (Å²) in [7, 11) is 0. The molecule has 2 rings (SSSR count). The summed E-state index contributed by atoms with van der Waals surface area (Å²) in [5.41, 5.74) is 2.59. The van der Waals surface area contributed by atoms with Gasteiger partial charge in [0.1, 0.15) is 12.4 Å². The van der Waals surface area contributed by atoms with Gasteiger partial charge in [-0.1, -0.05) is 32.9 Å². The number of nitrogens with one attached hydrogen (secondary N) is 1. The fourth-order valence-electron chi connectivity index (χ4n) is 2.43. The SMILES string of the molecule is CCNC(COc1cc(C(C)C)ccc1C)C1CC1. The molecule has 1 atom stereocenters. The second kappa shape index (κ2) is 6.42. The van der Waals surface area contributed by atoms with E-state index in [2.05, 4.69) is 51.2 Å². The van der Waals surface area contributed by atoms with E-state index in [1.807, 2.05) is 0 Å². The molecule has 19 heavy (non-hydrogen) atoms. The van der Waals surface area contributed by atoms with Crippen molar-refractivity contribution >= 4 is 0 Å². The minimum Gasteiger partial charge on any atom is -0.492 e. The predicted octanol–water partition coefficient (Wildman–Crippen LogP) is 3.89. The van der Waals surface area contributed by atoms with Crippen LogP contribution in [0.1, 0.15) is 50.7 Å². The maximum absolute atomic E-state index is 6.08. The summed E-state index contributed by atoms with van der Waals surface area (Å²) >= 11 is 0. The van der Waals surface area contributed by atoms with E-state index < -0.39 is 0 Å². The lowest BCUT2D eigenvalue weighted by Crippen LogP contribution is -2.36. The average Bonchev–Trinajstić information content (AvgIpc) is 3.20. The summed E-state index contributed by atoms with van der Waals surface area (Å²) in [6, 6.07) is 7.10. The molecular formula is C17H27NO. The molecule has 1 aromatic carbocycles. The lowest BCUT2D eigenvalue weighted by atomic mass is 10.0. The van der Waals surface area contributed by atoms with Gasteiger partial charge in [-0.15, -0.1) is 0 Å². The second-order valence-electron chi connectivity index (χ2n) is 5.99. The Kier molecular flexibility index (Phi) is 4.87. The quantitative estimate of drug-likeness (QED) is 0.804. The zero-order valence-electron chi connectivity index (χ0n) is 12.7.